The molecule has 1 aromatic carbocycles. The fourth-order valence-corrected chi connectivity index (χ4v) is 1.82. The summed E-state index contributed by atoms with van der Waals surface area (Å²) in [6, 6.07) is 6.16. The number of nitrogens with one attached hydrogen (secondary N) is 1. The maximum atomic E-state index is 5.96. The molecule has 1 aromatic rings. The van der Waals surface area contributed by atoms with Crippen LogP contribution in [0.3, 0.4) is 0 Å². The summed E-state index contributed by atoms with van der Waals surface area (Å²) >= 11 is 0. The van der Waals surface area contributed by atoms with Gasteiger partial charge in [0.1, 0.15) is 11.5 Å². The summed E-state index contributed by atoms with van der Waals surface area (Å²) in [5, 5.41) is 3.43. The summed E-state index contributed by atoms with van der Waals surface area (Å²) in [4.78, 5) is 0. The Hall–Kier alpha value is -1.22. The molecule has 0 heterocycles. The van der Waals surface area contributed by atoms with Crippen molar-refractivity contribution in [2.24, 2.45) is 11.8 Å². The van der Waals surface area contributed by atoms with E-state index in [1.165, 1.54) is 5.56 Å². The average Bonchev–Trinajstić information content (AvgIpc) is 2.44. The normalized spacial score (nSPS) is 11.2. The molecule has 0 saturated carbocycles. The van der Waals surface area contributed by atoms with Crippen LogP contribution in [0.5, 0.6) is 11.5 Å². The van der Waals surface area contributed by atoms with Gasteiger partial charge in [0.05, 0.1) is 13.2 Å². The number of benzene rings is 1. The average molecular weight is 293 g/mol. The summed E-state index contributed by atoms with van der Waals surface area (Å²) in [5.41, 5.74) is 1.20. The van der Waals surface area contributed by atoms with Crippen molar-refractivity contribution in [2.45, 2.75) is 47.6 Å². The lowest BCUT2D eigenvalue weighted by Crippen LogP contribution is -2.15. The van der Waals surface area contributed by atoms with Crippen LogP contribution in [0.25, 0.3) is 0 Å². The van der Waals surface area contributed by atoms with Gasteiger partial charge in [0, 0.05) is 18.2 Å². The third-order valence-electron chi connectivity index (χ3n) is 2.94. The second-order valence-electron chi connectivity index (χ2n) is 6.36. The lowest BCUT2D eigenvalue weighted by atomic mass is 10.1. The van der Waals surface area contributed by atoms with Gasteiger partial charge in [0.2, 0.25) is 0 Å². The predicted molar refractivity (Wildman–Crippen MR) is 89.1 cm³/mol. The van der Waals surface area contributed by atoms with Gasteiger partial charge in [0.25, 0.3) is 0 Å². The maximum absolute atomic E-state index is 5.96. The highest BCUT2D eigenvalue weighted by atomic mass is 16.5. The molecule has 0 radical (unpaired) electrons. The zero-order valence-corrected chi connectivity index (χ0v) is 14.2. The molecule has 0 spiro atoms. The van der Waals surface area contributed by atoms with Gasteiger partial charge >= 0.3 is 0 Å². The Morgan fingerprint density at radius 1 is 1.00 bits per heavy atom. The minimum Gasteiger partial charge on any atom is -0.493 e. The van der Waals surface area contributed by atoms with Crippen molar-refractivity contribution in [3.8, 4) is 11.5 Å². The van der Waals surface area contributed by atoms with E-state index in [0.29, 0.717) is 11.8 Å². The van der Waals surface area contributed by atoms with Crippen LogP contribution in [0.15, 0.2) is 18.2 Å². The largest absolute Gasteiger partial charge is 0.493 e. The zero-order chi connectivity index (χ0) is 15.7. The van der Waals surface area contributed by atoms with Crippen LogP contribution in [0.4, 0.5) is 0 Å². The van der Waals surface area contributed by atoms with Crippen molar-refractivity contribution in [3.05, 3.63) is 23.8 Å². The number of hydrogen-bond acceptors (Lipinski definition) is 3. The Bertz CT molecular complexity index is 402. The van der Waals surface area contributed by atoms with Gasteiger partial charge < -0.3 is 14.8 Å². The highest BCUT2D eigenvalue weighted by Gasteiger charge is 2.08. The molecule has 120 valence electrons. The van der Waals surface area contributed by atoms with Crippen molar-refractivity contribution < 1.29 is 9.47 Å². The second-order valence-corrected chi connectivity index (χ2v) is 6.36. The highest BCUT2D eigenvalue weighted by Crippen LogP contribution is 2.26. The van der Waals surface area contributed by atoms with E-state index in [4.69, 9.17) is 9.47 Å². The Labute approximate surface area is 130 Å². The molecule has 0 amide bonds. The van der Waals surface area contributed by atoms with E-state index in [0.717, 1.165) is 44.2 Å². The predicted octanol–water partition coefficient (Wildman–Crippen LogP) is 4.26. The monoisotopic (exact) mass is 293 g/mol. The molecule has 0 bridgehead atoms. The Kier molecular flexibility index (Phi) is 8.21. The molecule has 1 N–H and O–H groups in total. The van der Waals surface area contributed by atoms with E-state index >= 15 is 0 Å². The molecule has 0 saturated heterocycles. The van der Waals surface area contributed by atoms with Gasteiger partial charge in [-0.3, -0.25) is 0 Å². The van der Waals surface area contributed by atoms with Crippen molar-refractivity contribution in [1.29, 1.82) is 0 Å². The smallest absolute Gasteiger partial charge is 0.127 e. The van der Waals surface area contributed by atoms with Gasteiger partial charge in [-0.05, 0) is 30.9 Å². The van der Waals surface area contributed by atoms with Crippen LogP contribution in [0.1, 0.15) is 46.6 Å². The van der Waals surface area contributed by atoms with Crippen molar-refractivity contribution in [3.63, 3.8) is 0 Å². The number of hydrogen-bond donors (Lipinski definition) is 1. The molecule has 0 fully saturated rings. The fourth-order valence-electron chi connectivity index (χ4n) is 1.82. The van der Waals surface area contributed by atoms with Gasteiger partial charge in [-0.1, -0.05) is 40.7 Å². The second kappa shape index (κ2) is 9.67. The lowest BCUT2D eigenvalue weighted by Gasteiger charge is -2.16. The van der Waals surface area contributed by atoms with Crippen LogP contribution < -0.4 is 14.8 Å². The maximum Gasteiger partial charge on any atom is 0.127 e. The molecule has 0 aromatic heterocycles. The molecule has 3 heteroatoms. The summed E-state index contributed by atoms with van der Waals surface area (Å²) in [5.74, 6) is 2.87. The number of rotatable bonds is 10. The van der Waals surface area contributed by atoms with Crippen LogP contribution in [-0.4, -0.2) is 19.8 Å². The van der Waals surface area contributed by atoms with Gasteiger partial charge in [-0.2, -0.15) is 0 Å². The van der Waals surface area contributed by atoms with Gasteiger partial charge in [-0.25, -0.2) is 0 Å². The van der Waals surface area contributed by atoms with Crippen molar-refractivity contribution in [1.82, 2.24) is 5.32 Å². The third kappa shape index (κ3) is 7.37. The quantitative estimate of drug-likeness (QED) is 0.654. The minimum atomic E-state index is 0.515. The summed E-state index contributed by atoms with van der Waals surface area (Å²) in [6.45, 7) is 14.1. The van der Waals surface area contributed by atoms with Crippen molar-refractivity contribution >= 4 is 0 Å². The molecule has 0 aliphatic carbocycles. The minimum absolute atomic E-state index is 0.515. The first-order valence-corrected chi connectivity index (χ1v) is 8.12. The van der Waals surface area contributed by atoms with Gasteiger partial charge in [0.15, 0.2) is 0 Å². The summed E-state index contributed by atoms with van der Waals surface area (Å²) in [6.07, 6.45) is 1.14. The van der Waals surface area contributed by atoms with Crippen molar-refractivity contribution in [2.75, 3.05) is 19.8 Å². The molecule has 0 aliphatic heterocycles. The topological polar surface area (TPSA) is 30.5 Å². The van der Waals surface area contributed by atoms with E-state index in [2.05, 4.69) is 46.0 Å². The zero-order valence-electron chi connectivity index (χ0n) is 14.2. The molecular formula is C18H31NO2. The Morgan fingerprint density at radius 3 is 2.29 bits per heavy atom. The first-order chi connectivity index (χ1) is 10.0. The molecule has 0 aliphatic rings. The van der Waals surface area contributed by atoms with Crippen LogP contribution >= 0.6 is 0 Å². The lowest BCUT2D eigenvalue weighted by molar-refractivity contribution is 0.256. The van der Waals surface area contributed by atoms with E-state index in [1.54, 1.807) is 0 Å². The fraction of sp³-hybridized carbons (Fsp3) is 0.667. The SMILES string of the molecule is CCCNCc1ccc(OCC(C)C)cc1OCC(C)C. The molecule has 0 atom stereocenters. The van der Waals surface area contributed by atoms with Crippen LogP contribution in [0.2, 0.25) is 0 Å². The molecular weight excluding hydrogens is 262 g/mol. The van der Waals surface area contributed by atoms with Crippen LogP contribution in [0, 0.1) is 11.8 Å². The number of ether oxygens (including phenoxy) is 2. The third-order valence-corrected chi connectivity index (χ3v) is 2.94. The van der Waals surface area contributed by atoms with E-state index in [1.807, 2.05) is 12.1 Å². The first kappa shape index (κ1) is 17.8. The van der Waals surface area contributed by atoms with E-state index < -0.39 is 0 Å². The highest BCUT2D eigenvalue weighted by molar-refractivity contribution is 5.40. The summed E-state index contributed by atoms with van der Waals surface area (Å²) in [7, 11) is 0. The summed E-state index contributed by atoms with van der Waals surface area (Å²) < 4.78 is 11.8. The standard InChI is InChI=1S/C18H31NO2/c1-6-9-19-11-16-7-8-17(20-12-14(2)3)10-18(16)21-13-15(4)5/h7-8,10,14-15,19H,6,9,11-13H2,1-5H3. The molecule has 0 unspecified atom stereocenters. The Morgan fingerprint density at radius 2 is 1.67 bits per heavy atom. The Balaban J connectivity index is 2.75. The first-order valence-electron chi connectivity index (χ1n) is 8.12. The van der Waals surface area contributed by atoms with Crippen LogP contribution in [-0.2, 0) is 6.54 Å². The molecule has 21 heavy (non-hydrogen) atoms. The van der Waals surface area contributed by atoms with E-state index in [9.17, 15) is 0 Å². The molecule has 1 rings (SSSR count). The molecule has 3 nitrogen and oxygen atoms in total. The van der Waals surface area contributed by atoms with Gasteiger partial charge in [-0.15, -0.1) is 0 Å². The van der Waals surface area contributed by atoms with E-state index in [-0.39, 0.29) is 0 Å².